The molecule has 0 radical (unpaired) electrons. The zero-order valence-corrected chi connectivity index (χ0v) is 54.8. The molecule has 0 aliphatic carbocycles. The van der Waals surface area contributed by atoms with Crippen molar-refractivity contribution in [2.24, 2.45) is 0 Å². The summed E-state index contributed by atoms with van der Waals surface area (Å²) in [5.41, 5.74) is 0. The molecule has 3 unspecified atom stereocenters. The number of carbonyl (C=O) groups is 1. The van der Waals surface area contributed by atoms with Crippen molar-refractivity contribution >= 4 is 13.7 Å². The van der Waals surface area contributed by atoms with E-state index >= 15 is 0 Å². The molecule has 0 aliphatic heterocycles. The Labute approximate surface area is 507 Å². The zero-order chi connectivity index (χ0) is 59.8. The highest BCUT2D eigenvalue weighted by atomic mass is 31.2. The Morgan fingerprint density at radius 3 is 1.07 bits per heavy atom. The number of nitrogens with one attached hydrogen (secondary N) is 1. The van der Waals surface area contributed by atoms with E-state index in [9.17, 15) is 19.4 Å². The molecule has 0 aliphatic rings. The van der Waals surface area contributed by atoms with Gasteiger partial charge in [-0.1, -0.05) is 309 Å². The summed E-state index contributed by atoms with van der Waals surface area (Å²) in [6, 6.07) is -0.854. The smallest absolute Gasteiger partial charge is 0.387 e. The number of likely N-dealkylation sites (N-methyl/N-ethyl adjacent to an activating group) is 1. The molecule has 0 aromatic heterocycles. The number of phosphoric acid groups is 1. The van der Waals surface area contributed by atoms with Crippen LogP contribution in [0.25, 0.3) is 0 Å². The second-order valence-electron chi connectivity index (χ2n) is 23.8. The van der Waals surface area contributed by atoms with Gasteiger partial charge in [-0.15, -0.1) is 0 Å². The Morgan fingerprint density at radius 1 is 0.427 bits per heavy atom. The molecule has 3 atom stereocenters. The number of nitrogens with zero attached hydrogens (tertiary/aromatic N) is 1. The number of carbonyl (C=O) groups excluding carboxylic acids is 1. The lowest BCUT2D eigenvalue weighted by Gasteiger charge is -2.25. The summed E-state index contributed by atoms with van der Waals surface area (Å²) in [7, 11) is 1.57. The van der Waals surface area contributed by atoms with E-state index in [1.807, 2.05) is 27.2 Å². The standard InChI is InChI=1S/C73H129N2O6P/c1-6-8-10-12-14-16-18-20-22-24-26-27-28-29-30-31-32-33-34-35-36-37-38-39-40-41-42-43-44-45-46-47-49-51-53-55-57-59-61-63-65-67-73(77)74-71(70-81-82(78,79)80-69-68-75(3,4)5)72(76)66-64-62-60-58-56-54-52-50-48-25-23-21-19-17-15-13-11-9-7-2/h8,10,14,16,20,22,26-27,29-30,32-33,35-36,38-39,41-42,64,66,71-72,76H,6-7,9,11-13,15,17-19,21,23-25,28,31,34,37,40,43-63,65,67-70H2,1-5H3,(H-,74,77,78,79)/p+1/b10-8-,16-14-,22-20-,27-26-,30-29-,33-32-,36-35-,39-38-,42-41-,66-64+. The van der Waals surface area contributed by atoms with Crippen LogP contribution >= 0.6 is 7.82 Å². The number of phosphoric ester groups is 1. The summed E-state index contributed by atoms with van der Waals surface area (Å²) in [6.07, 6.45) is 93.3. The van der Waals surface area contributed by atoms with Gasteiger partial charge in [0.25, 0.3) is 0 Å². The third-order valence-corrected chi connectivity index (χ3v) is 15.7. The van der Waals surface area contributed by atoms with Gasteiger partial charge in [0, 0.05) is 6.42 Å². The van der Waals surface area contributed by atoms with Gasteiger partial charge >= 0.3 is 7.82 Å². The number of allylic oxidation sites excluding steroid dienone is 19. The minimum atomic E-state index is -4.36. The molecule has 472 valence electrons. The second kappa shape index (κ2) is 62.4. The number of hydrogen-bond acceptors (Lipinski definition) is 5. The summed E-state index contributed by atoms with van der Waals surface area (Å²) in [4.78, 5) is 23.4. The molecule has 8 nitrogen and oxygen atoms in total. The Morgan fingerprint density at radius 2 is 0.732 bits per heavy atom. The third kappa shape index (κ3) is 64.5. The number of quaternary nitrogens is 1. The average Bonchev–Trinajstić information content (AvgIpc) is 3.47. The number of hydrogen-bond donors (Lipinski definition) is 3. The van der Waals surface area contributed by atoms with E-state index in [1.165, 1.54) is 167 Å². The minimum Gasteiger partial charge on any atom is -0.387 e. The van der Waals surface area contributed by atoms with Crippen molar-refractivity contribution < 1.29 is 32.9 Å². The van der Waals surface area contributed by atoms with Crippen molar-refractivity contribution in [1.82, 2.24) is 5.32 Å². The number of rotatable bonds is 61. The number of unbranched alkanes of at least 4 members (excludes halogenated alkanes) is 30. The van der Waals surface area contributed by atoms with Gasteiger partial charge in [-0.25, -0.2) is 4.57 Å². The second-order valence-corrected chi connectivity index (χ2v) is 25.3. The lowest BCUT2D eigenvalue weighted by Crippen LogP contribution is -2.45. The van der Waals surface area contributed by atoms with Crippen LogP contribution in [-0.2, 0) is 18.4 Å². The Bertz CT molecular complexity index is 1750. The first-order valence-corrected chi connectivity index (χ1v) is 35.4. The van der Waals surface area contributed by atoms with E-state index in [0.29, 0.717) is 17.4 Å². The maximum absolute atomic E-state index is 13.0. The van der Waals surface area contributed by atoms with Crippen molar-refractivity contribution in [2.45, 2.75) is 296 Å². The van der Waals surface area contributed by atoms with Gasteiger partial charge in [-0.3, -0.25) is 13.8 Å². The molecule has 0 saturated carbocycles. The molecule has 3 N–H and O–H groups in total. The lowest BCUT2D eigenvalue weighted by molar-refractivity contribution is -0.870. The van der Waals surface area contributed by atoms with Gasteiger partial charge in [0.05, 0.1) is 39.9 Å². The van der Waals surface area contributed by atoms with Crippen molar-refractivity contribution in [2.75, 3.05) is 40.9 Å². The topological polar surface area (TPSA) is 105 Å². The highest BCUT2D eigenvalue weighted by molar-refractivity contribution is 7.47. The molecular formula is C73H130N2O6P+. The number of aliphatic hydroxyl groups excluding tert-OH is 1. The summed E-state index contributed by atoms with van der Waals surface area (Å²) in [6.45, 7) is 4.72. The number of aliphatic hydroxyl groups is 1. The summed E-state index contributed by atoms with van der Waals surface area (Å²) < 4.78 is 23.8. The van der Waals surface area contributed by atoms with Crippen LogP contribution in [0.5, 0.6) is 0 Å². The normalized spacial score (nSPS) is 14.5. The first-order chi connectivity index (χ1) is 40.0. The molecule has 0 saturated heterocycles. The van der Waals surface area contributed by atoms with E-state index in [-0.39, 0.29) is 19.1 Å². The first-order valence-electron chi connectivity index (χ1n) is 33.9. The minimum absolute atomic E-state index is 0.0576. The fourth-order valence-electron chi connectivity index (χ4n) is 9.45. The van der Waals surface area contributed by atoms with E-state index in [0.717, 1.165) is 96.3 Å². The predicted octanol–water partition coefficient (Wildman–Crippen LogP) is 21.7. The van der Waals surface area contributed by atoms with Crippen LogP contribution in [0.15, 0.2) is 122 Å². The van der Waals surface area contributed by atoms with Crippen LogP contribution in [-0.4, -0.2) is 73.4 Å². The van der Waals surface area contributed by atoms with E-state index < -0.39 is 20.0 Å². The van der Waals surface area contributed by atoms with Crippen LogP contribution in [0, 0.1) is 0 Å². The van der Waals surface area contributed by atoms with E-state index in [2.05, 4.69) is 129 Å². The maximum Gasteiger partial charge on any atom is 0.472 e. The molecule has 0 heterocycles. The highest BCUT2D eigenvalue weighted by Gasteiger charge is 2.28. The lowest BCUT2D eigenvalue weighted by atomic mass is 10.0. The van der Waals surface area contributed by atoms with Crippen LogP contribution < -0.4 is 5.32 Å². The molecule has 0 fully saturated rings. The van der Waals surface area contributed by atoms with Crippen molar-refractivity contribution in [3.05, 3.63) is 122 Å². The summed E-state index contributed by atoms with van der Waals surface area (Å²) >= 11 is 0. The fraction of sp³-hybridized carbons (Fsp3) is 0.712. The first kappa shape index (κ1) is 78.9. The van der Waals surface area contributed by atoms with Crippen molar-refractivity contribution in [3.8, 4) is 0 Å². The Balaban J connectivity index is 4.06. The monoisotopic (exact) mass is 1160 g/mol. The number of amides is 1. The Kier molecular flexibility index (Phi) is 60.1. The molecular weight excluding hydrogens is 1030 g/mol. The molecule has 1 amide bonds. The molecule has 9 heteroatoms. The quantitative estimate of drug-likeness (QED) is 0.0243. The molecule has 0 aromatic carbocycles. The van der Waals surface area contributed by atoms with Gasteiger partial charge in [0.2, 0.25) is 5.91 Å². The molecule has 0 rings (SSSR count). The molecule has 0 aromatic rings. The van der Waals surface area contributed by atoms with Crippen LogP contribution in [0.3, 0.4) is 0 Å². The maximum atomic E-state index is 13.0. The fourth-order valence-corrected chi connectivity index (χ4v) is 10.2. The van der Waals surface area contributed by atoms with E-state index in [4.69, 9.17) is 9.05 Å². The molecule has 0 spiro atoms. The Hall–Kier alpha value is -3.10. The zero-order valence-electron chi connectivity index (χ0n) is 53.9. The van der Waals surface area contributed by atoms with Gasteiger partial charge < -0.3 is 19.8 Å². The highest BCUT2D eigenvalue weighted by Crippen LogP contribution is 2.43. The van der Waals surface area contributed by atoms with Crippen molar-refractivity contribution in [1.29, 1.82) is 0 Å². The largest absolute Gasteiger partial charge is 0.472 e. The third-order valence-electron chi connectivity index (χ3n) is 14.7. The predicted molar refractivity (Wildman–Crippen MR) is 359 cm³/mol. The average molecular weight is 1160 g/mol. The van der Waals surface area contributed by atoms with Crippen molar-refractivity contribution in [3.63, 3.8) is 0 Å². The molecule has 82 heavy (non-hydrogen) atoms. The summed E-state index contributed by atoms with van der Waals surface area (Å²) in [5.74, 6) is -0.180. The summed E-state index contributed by atoms with van der Waals surface area (Å²) in [5, 5.41) is 14.0. The van der Waals surface area contributed by atoms with Crippen LogP contribution in [0.4, 0.5) is 0 Å². The SMILES string of the molecule is CC/C=C\C/C=C\C/C=C\C/C=C\C/C=C\C/C=C\C/C=C\C/C=C\C/C=C\CCCCCCCCCCCCCCCC(=O)NC(COP(=O)(O)OCC[N+](C)(C)C)C(O)/C=C/CCCCCCCCCCCCCCCCCCC. The van der Waals surface area contributed by atoms with Crippen LogP contribution in [0.2, 0.25) is 0 Å². The van der Waals surface area contributed by atoms with E-state index in [1.54, 1.807) is 6.08 Å². The van der Waals surface area contributed by atoms with Gasteiger partial charge in [-0.05, 0) is 89.9 Å². The van der Waals surface area contributed by atoms with Gasteiger partial charge in [0.1, 0.15) is 13.2 Å². The van der Waals surface area contributed by atoms with Gasteiger partial charge in [-0.2, -0.15) is 0 Å². The van der Waals surface area contributed by atoms with Crippen LogP contribution in [0.1, 0.15) is 284 Å². The molecule has 0 bridgehead atoms. The van der Waals surface area contributed by atoms with Gasteiger partial charge in [0.15, 0.2) is 0 Å².